The zero-order chi connectivity index (χ0) is 15.4. The minimum atomic E-state index is 0.0477. The summed E-state index contributed by atoms with van der Waals surface area (Å²) in [4.78, 5) is 18.2. The van der Waals surface area contributed by atoms with Gasteiger partial charge in [0, 0.05) is 31.5 Å². The highest BCUT2D eigenvalue weighted by molar-refractivity contribution is 4.99. The molecule has 6 nitrogen and oxygen atoms in total. The maximum Gasteiger partial charge on any atom is 0.253 e. The molecule has 0 radical (unpaired) electrons. The maximum absolute atomic E-state index is 11.7. The summed E-state index contributed by atoms with van der Waals surface area (Å²) < 4.78 is 3.74. The molecule has 1 fully saturated rings. The van der Waals surface area contributed by atoms with E-state index in [0.29, 0.717) is 5.92 Å². The van der Waals surface area contributed by atoms with Crippen LogP contribution in [0.4, 0.5) is 0 Å². The van der Waals surface area contributed by atoms with E-state index in [0.717, 1.165) is 45.6 Å². The van der Waals surface area contributed by atoms with Crippen molar-refractivity contribution in [3.8, 4) is 0 Å². The normalized spacial score (nSPS) is 17.0. The first-order chi connectivity index (χ1) is 10.7. The number of likely N-dealkylation sites (tertiary alicyclic amines) is 1. The number of hydrogen-bond acceptors (Lipinski definition) is 4. The van der Waals surface area contributed by atoms with Crippen molar-refractivity contribution in [3.05, 3.63) is 46.9 Å². The molecule has 3 heterocycles. The topological polar surface area (TPSA) is 56.0 Å². The Morgan fingerprint density at radius 3 is 2.77 bits per heavy atom. The zero-order valence-electron chi connectivity index (χ0n) is 13.1. The first kappa shape index (κ1) is 15.0. The molecule has 0 N–H and O–H groups in total. The van der Waals surface area contributed by atoms with E-state index in [1.807, 2.05) is 10.9 Å². The largest absolute Gasteiger partial charge is 0.301 e. The van der Waals surface area contributed by atoms with Crippen LogP contribution in [0.15, 0.2) is 35.8 Å². The summed E-state index contributed by atoms with van der Waals surface area (Å²) in [5.74, 6) is 0.574. The van der Waals surface area contributed by atoms with Gasteiger partial charge in [-0.05, 0) is 44.3 Å². The van der Waals surface area contributed by atoms with Crippen molar-refractivity contribution in [2.75, 3.05) is 19.6 Å². The molecule has 2 aromatic heterocycles. The van der Waals surface area contributed by atoms with E-state index in [1.54, 1.807) is 17.1 Å². The van der Waals surface area contributed by atoms with Crippen molar-refractivity contribution in [1.29, 1.82) is 0 Å². The van der Waals surface area contributed by atoms with Gasteiger partial charge in [-0.25, -0.2) is 4.98 Å². The van der Waals surface area contributed by atoms with Crippen LogP contribution >= 0.6 is 0 Å². The second kappa shape index (κ2) is 6.87. The molecule has 0 bridgehead atoms. The lowest BCUT2D eigenvalue weighted by Crippen LogP contribution is -2.38. The Balaban J connectivity index is 1.44. The summed E-state index contributed by atoms with van der Waals surface area (Å²) in [5, 5.41) is 4.33. The van der Waals surface area contributed by atoms with Crippen molar-refractivity contribution >= 4 is 0 Å². The third kappa shape index (κ3) is 3.82. The average Bonchev–Trinajstić information content (AvgIpc) is 2.94. The van der Waals surface area contributed by atoms with Gasteiger partial charge in [0.05, 0.1) is 19.1 Å². The molecule has 0 aromatic carbocycles. The fourth-order valence-electron chi connectivity index (χ4n) is 3.02. The van der Waals surface area contributed by atoms with Gasteiger partial charge in [0.25, 0.3) is 5.56 Å². The molecule has 0 saturated carbocycles. The van der Waals surface area contributed by atoms with Gasteiger partial charge in [-0.3, -0.25) is 14.0 Å². The first-order valence-corrected chi connectivity index (χ1v) is 7.92. The Morgan fingerprint density at radius 1 is 1.27 bits per heavy atom. The van der Waals surface area contributed by atoms with Crippen molar-refractivity contribution in [3.63, 3.8) is 0 Å². The zero-order valence-corrected chi connectivity index (χ0v) is 13.1. The maximum atomic E-state index is 11.7. The summed E-state index contributed by atoms with van der Waals surface area (Å²) in [5.41, 5.74) is 1.26. The third-order valence-corrected chi connectivity index (χ3v) is 4.36. The van der Waals surface area contributed by atoms with E-state index in [9.17, 15) is 4.79 Å². The molecular weight excluding hydrogens is 278 g/mol. The summed E-state index contributed by atoms with van der Waals surface area (Å²) in [6, 6.07) is 1.53. The molecule has 1 saturated heterocycles. The lowest BCUT2D eigenvalue weighted by Gasteiger charge is -2.32. The molecule has 3 rings (SSSR count). The highest BCUT2D eigenvalue weighted by atomic mass is 16.1. The quantitative estimate of drug-likeness (QED) is 0.831. The van der Waals surface area contributed by atoms with Crippen LogP contribution in [-0.2, 0) is 13.1 Å². The third-order valence-electron chi connectivity index (χ3n) is 4.36. The summed E-state index contributed by atoms with van der Waals surface area (Å²) >= 11 is 0. The van der Waals surface area contributed by atoms with Crippen molar-refractivity contribution in [2.24, 2.45) is 5.92 Å². The molecule has 22 heavy (non-hydrogen) atoms. The van der Waals surface area contributed by atoms with E-state index < -0.39 is 0 Å². The fraction of sp³-hybridized carbons (Fsp3) is 0.562. The minimum Gasteiger partial charge on any atom is -0.301 e. The number of aromatic nitrogens is 4. The number of hydrogen-bond donors (Lipinski definition) is 0. The molecule has 1 aliphatic heterocycles. The van der Waals surface area contributed by atoms with Crippen molar-refractivity contribution in [1.82, 2.24) is 24.2 Å². The van der Waals surface area contributed by atoms with Crippen LogP contribution in [0.25, 0.3) is 0 Å². The molecule has 118 valence electrons. The highest BCUT2D eigenvalue weighted by Crippen LogP contribution is 2.18. The van der Waals surface area contributed by atoms with E-state index in [4.69, 9.17) is 0 Å². The van der Waals surface area contributed by atoms with Crippen LogP contribution in [0.1, 0.15) is 18.4 Å². The van der Waals surface area contributed by atoms with Crippen molar-refractivity contribution < 1.29 is 0 Å². The summed E-state index contributed by atoms with van der Waals surface area (Å²) in [6.45, 7) is 7.04. The van der Waals surface area contributed by atoms with Crippen LogP contribution in [-0.4, -0.2) is 43.9 Å². The van der Waals surface area contributed by atoms with Gasteiger partial charge in [0.15, 0.2) is 0 Å². The fourth-order valence-corrected chi connectivity index (χ4v) is 3.02. The Labute approximate surface area is 130 Å². The molecule has 0 unspecified atom stereocenters. The van der Waals surface area contributed by atoms with E-state index in [-0.39, 0.29) is 5.56 Å². The SMILES string of the molecule is Cc1cnn(CCN2CCC(Cn3cnccc3=O)CC2)c1. The predicted octanol–water partition coefficient (Wildman–Crippen LogP) is 1.16. The second-order valence-corrected chi connectivity index (χ2v) is 6.14. The Hall–Kier alpha value is -1.95. The molecule has 2 aromatic rings. The molecule has 0 amide bonds. The highest BCUT2D eigenvalue weighted by Gasteiger charge is 2.19. The molecule has 0 atom stereocenters. The number of nitrogens with zero attached hydrogens (tertiary/aromatic N) is 5. The van der Waals surface area contributed by atoms with E-state index in [2.05, 4.69) is 28.1 Å². The Morgan fingerprint density at radius 2 is 2.09 bits per heavy atom. The molecule has 1 aliphatic rings. The van der Waals surface area contributed by atoms with Crippen LogP contribution in [0.2, 0.25) is 0 Å². The average molecular weight is 301 g/mol. The Bertz CT molecular complexity index is 654. The van der Waals surface area contributed by atoms with Gasteiger partial charge in [-0.2, -0.15) is 5.10 Å². The van der Waals surface area contributed by atoms with Gasteiger partial charge in [0.1, 0.15) is 0 Å². The molecule has 6 heteroatoms. The van der Waals surface area contributed by atoms with E-state index >= 15 is 0 Å². The predicted molar refractivity (Wildman–Crippen MR) is 84.6 cm³/mol. The minimum absolute atomic E-state index is 0.0477. The van der Waals surface area contributed by atoms with Crippen LogP contribution in [0.3, 0.4) is 0 Å². The van der Waals surface area contributed by atoms with Gasteiger partial charge in [0.2, 0.25) is 0 Å². The lowest BCUT2D eigenvalue weighted by atomic mass is 9.97. The summed E-state index contributed by atoms with van der Waals surface area (Å²) in [6.07, 6.45) is 9.46. The number of piperidine rings is 1. The molecule has 0 spiro atoms. The summed E-state index contributed by atoms with van der Waals surface area (Å²) in [7, 11) is 0. The smallest absolute Gasteiger partial charge is 0.253 e. The first-order valence-electron chi connectivity index (χ1n) is 7.92. The van der Waals surface area contributed by atoms with Crippen LogP contribution in [0, 0.1) is 12.8 Å². The van der Waals surface area contributed by atoms with Gasteiger partial charge < -0.3 is 4.90 Å². The molecule has 0 aliphatic carbocycles. The molecular formula is C16H23N5O. The van der Waals surface area contributed by atoms with Crippen LogP contribution < -0.4 is 5.56 Å². The van der Waals surface area contributed by atoms with Gasteiger partial charge in [-0.1, -0.05) is 0 Å². The Kier molecular flexibility index (Phi) is 4.68. The lowest BCUT2D eigenvalue weighted by molar-refractivity contribution is 0.166. The second-order valence-electron chi connectivity index (χ2n) is 6.14. The van der Waals surface area contributed by atoms with Crippen LogP contribution in [0.5, 0.6) is 0 Å². The standard InChI is InChI=1S/C16H23N5O/c1-14-10-18-21(11-14)9-8-19-6-3-15(4-7-19)12-20-13-17-5-2-16(20)22/h2,5,10-11,13,15H,3-4,6-9,12H2,1H3. The van der Waals surface area contributed by atoms with Crippen molar-refractivity contribution in [2.45, 2.75) is 32.9 Å². The number of rotatable bonds is 5. The van der Waals surface area contributed by atoms with E-state index in [1.165, 1.54) is 11.6 Å². The van der Waals surface area contributed by atoms with Gasteiger partial charge >= 0.3 is 0 Å². The number of aryl methyl sites for hydroxylation is 1. The van der Waals surface area contributed by atoms with Gasteiger partial charge in [-0.15, -0.1) is 0 Å². The monoisotopic (exact) mass is 301 g/mol.